The standard InChI is InChI=1S/C8H15NO2S/c1-6(3-9)7-2-8(7)4-12(10,11)5-8/h6-7H,2-5,9H2,1H3. The predicted molar refractivity (Wildman–Crippen MR) is 47.4 cm³/mol. The van der Waals surface area contributed by atoms with E-state index in [0.717, 1.165) is 6.42 Å². The molecule has 0 aromatic carbocycles. The molecule has 12 heavy (non-hydrogen) atoms. The summed E-state index contributed by atoms with van der Waals surface area (Å²) in [4.78, 5) is 0. The fourth-order valence-electron chi connectivity index (χ4n) is 2.51. The van der Waals surface area contributed by atoms with E-state index >= 15 is 0 Å². The topological polar surface area (TPSA) is 60.2 Å². The second kappa shape index (κ2) is 2.23. The van der Waals surface area contributed by atoms with Gasteiger partial charge in [-0.15, -0.1) is 0 Å². The smallest absolute Gasteiger partial charge is 0.151 e. The number of nitrogens with two attached hydrogens (primary N) is 1. The lowest BCUT2D eigenvalue weighted by Crippen LogP contribution is -2.40. The molecule has 1 heterocycles. The highest BCUT2D eigenvalue weighted by molar-refractivity contribution is 7.92. The summed E-state index contributed by atoms with van der Waals surface area (Å²) in [6.45, 7) is 2.80. The maximum Gasteiger partial charge on any atom is 0.151 e. The highest BCUT2D eigenvalue weighted by Crippen LogP contribution is 2.62. The van der Waals surface area contributed by atoms with Gasteiger partial charge in [0.1, 0.15) is 0 Å². The lowest BCUT2D eigenvalue weighted by Gasteiger charge is -2.28. The summed E-state index contributed by atoms with van der Waals surface area (Å²) < 4.78 is 21.9. The Labute approximate surface area is 73.2 Å². The second-order valence-corrected chi connectivity index (χ2v) is 6.48. The third-order valence-electron chi connectivity index (χ3n) is 3.33. The highest BCUT2D eigenvalue weighted by atomic mass is 32.2. The van der Waals surface area contributed by atoms with Crippen molar-refractivity contribution in [1.82, 2.24) is 0 Å². The van der Waals surface area contributed by atoms with Gasteiger partial charge in [0.05, 0.1) is 11.5 Å². The van der Waals surface area contributed by atoms with Crippen LogP contribution >= 0.6 is 0 Å². The summed E-state index contributed by atoms with van der Waals surface area (Å²) in [5.74, 6) is 1.94. The first-order valence-corrected chi connectivity index (χ1v) is 6.22. The summed E-state index contributed by atoms with van der Waals surface area (Å²) in [7, 11) is -2.64. The van der Waals surface area contributed by atoms with Crippen LogP contribution in [0.15, 0.2) is 0 Å². The van der Waals surface area contributed by atoms with Gasteiger partial charge in [0.25, 0.3) is 0 Å². The molecule has 2 rings (SSSR count). The number of rotatable bonds is 2. The number of sulfone groups is 1. The van der Waals surface area contributed by atoms with Gasteiger partial charge >= 0.3 is 0 Å². The fraction of sp³-hybridized carbons (Fsp3) is 1.00. The van der Waals surface area contributed by atoms with Crippen LogP contribution in [-0.4, -0.2) is 26.5 Å². The van der Waals surface area contributed by atoms with Crippen molar-refractivity contribution in [3.63, 3.8) is 0 Å². The van der Waals surface area contributed by atoms with Crippen LogP contribution in [0, 0.1) is 17.3 Å². The molecule has 2 atom stereocenters. The molecule has 1 saturated heterocycles. The van der Waals surface area contributed by atoms with Gasteiger partial charge in [-0.3, -0.25) is 0 Å². The molecule has 1 aliphatic heterocycles. The van der Waals surface area contributed by atoms with Gasteiger partial charge in [-0.05, 0) is 24.8 Å². The van der Waals surface area contributed by atoms with E-state index in [0.29, 0.717) is 29.9 Å². The van der Waals surface area contributed by atoms with Gasteiger partial charge in [0.15, 0.2) is 9.84 Å². The molecule has 0 amide bonds. The largest absolute Gasteiger partial charge is 0.330 e. The Bertz CT molecular complexity index is 284. The van der Waals surface area contributed by atoms with E-state index < -0.39 is 9.84 Å². The van der Waals surface area contributed by atoms with Crippen LogP contribution < -0.4 is 5.73 Å². The molecule has 0 radical (unpaired) electrons. The normalized spacial score (nSPS) is 37.3. The van der Waals surface area contributed by atoms with Gasteiger partial charge in [-0.2, -0.15) is 0 Å². The van der Waals surface area contributed by atoms with Crippen LogP contribution in [0.3, 0.4) is 0 Å². The maximum atomic E-state index is 11.0. The minimum Gasteiger partial charge on any atom is -0.330 e. The van der Waals surface area contributed by atoms with E-state index in [2.05, 4.69) is 6.92 Å². The van der Waals surface area contributed by atoms with Crippen molar-refractivity contribution in [3.05, 3.63) is 0 Å². The first-order valence-electron chi connectivity index (χ1n) is 4.40. The van der Waals surface area contributed by atoms with E-state index in [4.69, 9.17) is 5.73 Å². The summed E-state index contributed by atoms with van der Waals surface area (Å²) >= 11 is 0. The van der Waals surface area contributed by atoms with Crippen LogP contribution in [0.4, 0.5) is 0 Å². The predicted octanol–water partition coefficient (Wildman–Crippen LogP) is 0.0159. The van der Waals surface area contributed by atoms with Gasteiger partial charge in [-0.25, -0.2) is 8.42 Å². The van der Waals surface area contributed by atoms with Gasteiger partial charge < -0.3 is 5.73 Å². The van der Waals surface area contributed by atoms with Crippen LogP contribution in [0.2, 0.25) is 0 Å². The van der Waals surface area contributed by atoms with Crippen molar-refractivity contribution in [2.45, 2.75) is 13.3 Å². The molecule has 0 aromatic rings. The molecule has 0 aromatic heterocycles. The van der Waals surface area contributed by atoms with Crippen molar-refractivity contribution in [2.24, 2.45) is 23.0 Å². The zero-order valence-electron chi connectivity index (χ0n) is 7.29. The minimum absolute atomic E-state index is 0.178. The van der Waals surface area contributed by atoms with Crippen LogP contribution in [0.1, 0.15) is 13.3 Å². The first-order chi connectivity index (χ1) is 5.49. The summed E-state index contributed by atoms with van der Waals surface area (Å²) in [5, 5.41) is 0. The second-order valence-electron chi connectivity index (χ2n) is 4.42. The molecule has 2 fully saturated rings. The van der Waals surface area contributed by atoms with Gasteiger partial charge in [0.2, 0.25) is 0 Å². The first kappa shape index (κ1) is 8.51. The van der Waals surface area contributed by atoms with Crippen molar-refractivity contribution in [3.8, 4) is 0 Å². The monoisotopic (exact) mass is 189 g/mol. The SMILES string of the molecule is CC(CN)C1CC12CS(=O)(=O)C2. The molecule has 2 unspecified atom stereocenters. The third-order valence-corrected chi connectivity index (χ3v) is 5.36. The Morgan fingerprint density at radius 2 is 2.17 bits per heavy atom. The van der Waals surface area contributed by atoms with Crippen molar-refractivity contribution >= 4 is 9.84 Å². The minimum atomic E-state index is -2.64. The summed E-state index contributed by atoms with van der Waals surface area (Å²) in [6, 6.07) is 0. The van der Waals surface area contributed by atoms with Crippen molar-refractivity contribution in [2.75, 3.05) is 18.1 Å². The van der Waals surface area contributed by atoms with E-state index in [1.165, 1.54) is 0 Å². The van der Waals surface area contributed by atoms with Crippen LogP contribution in [0.5, 0.6) is 0 Å². The Hall–Kier alpha value is -0.0900. The Balaban J connectivity index is 1.97. The van der Waals surface area contributed by atoms with Gasteiger partial charge in [-0.1, -0.05) is 6.92 Å². The molecule has 0 bridgehead atoms. The molecule has 3 nitrogen and oxygen atoms in total. The molecular weight excluding hydrogens is 174 g/mol. The van der Waals surface area contributed by atoms with E-state index in [1.54, 1.807) is 0 Å². The molecular formula is C8H15NO2S. The zero-order valence-corrected chi connectivity index (χ0v) is 8.10. The van der Waals surface area contributed by atoms with Crippen molar-refractivity contribution in [1.29, 1.82) is 0 Å². The van der Waals surface area contributed by atoms with Gasteiger partial charge in [0, 0.05) is 5.41 Å². The number of hydrogen-bond acceptors (Lipinski definition) is 3. The average Bonchev–Trinajstić information content (AvgIpc) is 2.59. The Morgan fingerprint density at radius 1 is 1.58 bits per heavy atom. The molecule has 70 valence electrons. The molecule has 1 spiro atoms. The summed E-state index contributed by atoms with van der Waals surface area (Å²) in [5.41, 5.74) is 5.71. The molecule has 4 heteroatoms. The van der Waals surface area contributed by atoms with Crippen LogP contribution in [-0.2, 0) is 9.84 Å². The average molecular weight is 189 g/mol. The fourth-order valence-corrected chi connectivity index (χ4v) is 4.84. The highest BCUT2D eigenvalue weighted by Gasteiger charge is 2.65. The van der Waals surface area contributed by atoms with Crippen LogP contribution in [0.25, 0.3) is 0 Å². The molecule has 1 saturated carbocycles. The Morgan fingerprint density at radius 3 is 2.58 bits per heavy atom. The van der Waals surface area contributed by atoms with E-state index in [9.17, 15) is 8.42 Å². The zero-order chi connectivity index (χ0) is 8.98. The summed E-state index contributed by atoms with van der Waals surface area (Å²) in [6.07, 6.45) is 1.09. The molecule has 2 N–H and O–H groups in total. The quantitative estimate of drug-likeness (QED) is 0.666. The maximum absolute atomic E-state index is 11.0. The van der Waals surface area contributed by atoms with E-state index in [1.807, 2.05) is 0 Å². The molecule has 2 aliphatic rings. The third kappa shape index (κ3) is 1.09. The van der Waals surface area contributed by atoms with E-state index in [-0.39, 0.29) is 5.41 Å². The van der Waals surface area contributed by atoms with Crippen molar-refractivity contribution < 1.29 is 8.42 Å². The lowest BCUT2D eigenvalue weighted by atomic mass is 9.98. The lowest BCUT2D eigenvalue weighted by molar-refractivity contribution is 0.404. The number of hydrogen-bond donors (Lipinski definition) is 1. The molecule has 1 aliphatic carbocycles. The Kier molecular flexibility index (Phi) is 1.58.